The van der Waals surface area contributed by atoms with Gasteiger partial charge in [0.15, 0.2) is 11.0 Å². The van der Waals surface area contributed by atoms with Crippen LogP contribution in [0, 0.1) is 6.92 Å². The Bertz CT molecular complexity index is 899. The van der Waals surface area contributed by atoms with Gasteiger partial charge in [-0.25, -0.2) is 8.42 Å². The fourth-order valence-corrected chi connectivity index (χ4v) is 3.70. The average molecular weight is 331 g/mol. The van der Waals surface area contributed by atoms with Crippen LogP contribution in [0.2, 0.25) is 0 Å². The summed E-state index contributed by atoms with van der Waals surface area (Å²) in [6.07, 6.45) is 0. The van der Waals surface area contributed by atoms with Crippen LogP contribution in [0.25, 0.3) is 11.4 Å². The number of aryl methyl sites for hydroxylation is 1. The van der Waals surface area contributed by atoms with Crippen LogP contribution in [0.4, 0.5) is 5.13 Å². The Labute approximate surface area is 132 Å². The Balaban J connectivity index is 1.96. The third-order valence-electron chi connectivity index (χ3n) is 3.20. The number of hydrogen-bond acceptors (Lipinski definition) is 6. The van der Waals surface area contributed by atoms with Crippen molar-refractivity contribution in [2.45, 2.75) is 16.7 Å². The van der Waals surface area contributed by atoms with Gasteiger partial charge in [0.25, 0.3) is 0 Å². The highest BCUT2D eigenvalue weighted by atomic mass is 32.2. The fraction of sp³-hybridized carbons (Fsp3) is 0.0667. The van der Waals surface area contributed by atoms with E-state index in [0.29, 0.717) is 11.0 Å². The van der Waals surface area contributed by atoms with E-state index in [1.54, 1.807) is 48.5 Å². The summed E-state index contributed by atoms with van der Waals surface area (Å²) in [5.74, 6) is 0.502. The molecule has 0 radical (unpaired) electrons. The number of nitrogen functional groups attached to an aromatic ring is 1. The van der Waals surface area contributed by atoms with E-state index >= 15 is 0 Å². The molecule has 7 heteroatoms. The lowest BCUT2D eigenvalue weighted by molar-refractivity contribution is 0.596. The summed E-state index contributed by atoms with van der Waals surface area (Å²) in [6.45, 7) is 1.91. The molecule has 2 aromatic carbocycles. The minimum absolute atomic E-state index is 0.239. The molecule has 5 nitrogen and oxygen atoms in total. The molecule has 0 atom stereocenters. The van der Waals surface area contributed by atoms with Crippen molar-refractivity contribution in [3.63, 3.8) is 0 Å². The maximum atomic E-state index is 12.5. The van der Waals surface area contributed by atoms with Gasteiger partial charge in [0, 0.05) is 17.1 Å². The Kier molecular flexibility index (Phi) is 3.67. The third-order valence-corrected chi connectivity index (χ3v) is 5.52. The second-order valence-corrected chi connectivity index (χ2v) is 7.53. The van der Waals surface area contributed by atoms with Crippen LogP contribution in [-0.2, 0) is 9.84 Å². The van der Waals surface area contributed by atoms with E-state index in [2.05, 4.69) is 9.36 Å². The number of rotatable bonds is 3. The summed E-state index contributed by atoms with van der Waals surface area (Å²) >= 11 is 1.11. The molecule has 0 spiro atoms. The van der Waals surface area contributed by atoms with Gasteiger partial charge in [-0.05, 0) is 43.3 Å². The first-order chi connectivity index (χ1) is 10.5. The first-order valence-corrected chi connectivity index (χ1v) is 8.74. The molecule has 2 N–H and O–H groups in total. The summed E-state index contributed by atoms with van der Waals surface area (Å²) in [7, 11) is -3.51. The van der Waals surface area contributed by atoms with Crippen LogP contribution in [0.15, 0.2) is 58.3 Å². The molecule has 1 aromatic heterocycles. The monoisotopic (exact) mass is 331 g/mol. The zero-order valence-electron chi connectivity index (χ0n) is 11.7. The highest BCUT2D eigenvalue weighted by Gasteiger charge is 2.17. The zero-order chi connectivity index (χ0) is 15.7. The lowest BCUT2D eigenvalue weighted by Gasteiger charge is -2.05. The summed E-state index contributed by atoms with van der Waals surface area (Å²) in [5, 5.41) is 0.381. The number of sulfone groups is 1. The van der Waals surface area contributed by atoms with Crippen molar-refractivity contribution in [2.24, 2.45) is 0 Å². The van der Waals surface area contributed by atoms with Gasteiger partial charge in [0.2, 0.25) is 9.84 Å². The van der Waals surface area contributed by atoms with Crippen molar-refractivity contribution in [3.05, 3.63) is 54.1 Å². The van der Waals surface area contributed by atoms with Crippen molar-refractivity contribution in [2.75, 3.05) is 5.73 Å². The Morgan fingerprint density at radius 2 is 1.50 bits per heavy atom. The molecule has 0 amide bonds. The molecule has 22 heavy (non-hydrogen) atoms. The van der Waals surface area contributed by atoms with Gasteiger partial charge in [0.1, 0.15) is 0 Å². The Morgan fingerprint density at radius 1 is 0.955 bits per heavy atom. The van der Waals surface area contributed by atoms with Crippen molar-refractivity contribution in [1.82, 2.24) is 9.36 Å². The molecule has 0 fully saturated rings. The van der Waals surface area contributed by atoms with Gasteiger partial charge in [-0.1, -0.05) is 17.7 Å². The standard InChI is InChI=1S/C15H13N3O2S2/c1-10-2-6-12(7-3-10)22(19,20)13-8-4-11(5-9-13)14-17-15(16)21-18-14/h2-9H,1H3,(H2,16,17,18). The molecule has 3 rings (SSSR count). The van der Waals surface area contributed by atoms with Gasteiger partial charge >= 0.3 is 0 Å². The van der Waals surface area contributed by atoms with Crippen LogP contribution in [0.1, 0.15) is 5.56 Å². The van der Waals surface area contributed by atoms with E-state index in [9.17, 15) is 8.42 Å². The second-order valence-electron chi connectivity index (χ2n) is 4.80. The third kappa shape index (κ3) is 2.72. The lowest BCUT2D eigenvalue weighted by Crippen LogP contribution is -2.01. The number of anilines is 1. The van der Waals surface area contributed by atoms with Crippen LogP contribution in [0.3, 0.4) is 0 Å². The molecule has 112 valence electrons. The summed E-state index contributed by atoms with van der Waals surface area (Å²) < 4.78 is 29.2. The topological polar surface area (TPSA) is 85.9 Å². The average Bonchev–Trinajstić information content (AvgIpc) is 2.94. The molecule has 0 aliphatic carbocycles. The molecule has 3 aromatic rings. The quantitative estimate of drug-likeness (QED) is 0.797. The molecule has 0 unspecified atom stereocenters. The Morgan fingerprint density at radius 3 is 2.00 bits per heavy atom. The van der Waals surface area contributed by atoms with E-state index < -0.39 is 9.84 Å². The van der Waals surface area contributed by atoms with Gasteiger partial charge in [-0.3, -0.25) is 0 Å². The first-order valence-electron chi connectivity index (χ1n) is 6.48. The number of benzene rings is 2. The van der Waals surface area contributed by atoms with Crippen molar-refractivity contribution in [1.29, 1.82) is 0 Å². The number of nitrogens with two attached hydrogens (primary N) is 1. The molecular weight excluding hydrogens is 318 g/mol. The molecule has 0 saturated heterocycles. The lowest BCUT2D eigenvalue weighted by atomic mass is 10.2. The number of hydrogen-bond donors (Lipinski definition) is 1. The zero-order valence-corrected chi connectivity index (χ0v) is 13.4. The van der Waals surface area contributed by atoms with E-state index in [1.807, 2.05) is 6.92 Å². The maximum absolute atomic E-state index is 12.5. The number of aromatic nitrogens is 2. The van der Waals surface area contributed by atoms with E-state index in [4.69, 9.17) is 5.73 Å². The van der Waals surface area contributed by atoms with Crippen LogP contribution in [-0.4, -0.2) is 17.8 Å². The second kappa shape index (κ2) is 5.51. The van der Waals surface area contributed by atoms with Crippen molar-refractivity contribution in [3.8, 4) is 11.4 Å². The minimum Gasteiger partial charge on any atom is -0.374 e. The molecule has 0 aliphatic heterocycles. The van der Waals surface area contributed by atoms with Gasteiger partial charge < -0.3 is 5.73 Å². The summed E-state index contributed by atoms with van der Waals surface area (Å²) in [6, 6.07) is 13.3. The maximum Gasteiger partial charge on any atom is 0.206 e. The Hall–Kier alpha value is -2.25. The van der Waals surface area contributed by atoms with E-state index in [0.717, 1.165) is 22.7 Å². The molecule has 0 saturated carbocycles. The van der Waals surface area contributed by atoms with E-state index in [1.165, 1.54) is 0 Å². The predicted molar refractivity (Wildman–Crippen MR) is 86.4 cm³/mol. The molecule has 1 heterocycles. The summed E-state index contributed by atoms with van der Waals surface area (Å²) in [5.41, 5.74) is 7.30. The molecule has 0 bridgehead atoms. The van der Waals surface area contributed by atoms with Crippen LogP contribution < -0.4 is 5.73 Å². The minimum atomic E-state index is -3.51. The molecular formula is C15H13N3O2S2. The molecule has 0 aliphatic rings. The van der Waals surface area contributed by atoms with Gasteiger partial charge in [-0.2, -0.15) is 9.36 Å². The van der Waals surface area contributed by atoms with Crippen LogP contribution in [0.5, 0.6) is 0 Å². The van der Waals surface area contributed by atoms with Gasteiger partial charge in [-0.15, -0.1) is 0 Å². The normalized spacial score (nSPS) is 11.5. The van der Waals surface area contributed by atoms with Crippen molar-refractivity contribution >= 4 is 26.5 Å². The first kappa shape index (κ1) is 14.7. The van der Waals surface area contributed by atoms with Crippen LogP contribution >= 0.6 is 11.5 Å². The highest BCUT2D eigenvalue weighted by Crippen LogP contribution is 2.25. The SMILES string of the molecule is Cc1ccc(S(=O)(=O)c2ccc(-c3nsc(N)n3)cc2)cc1. The smallest absolute Gasteiger partial charge is 0.206 e. The van der Waals surface area contributed by atoms with E-state index in [-0.39, 0.29) is 9.79 Å². The number of nitrogens with zero attached hydrogens (tertiary/aromatic N) is 2. The fourth-order valence-electron chi connectivity index (χ4n) is 1.99. The predicted octanol–water partition coefficient (Wildman–Crippen LogP) is 2.93. The summed E-state index contributed by atoms with van der Waals surface area (Å²) in [4.78, 5) is 4.60. The van der Waals surface area contributed by atoms with Crippen molar-refractivity contribution < 1.29 is 8.42 Å². The largest absolute Gasteiger partial charge is 0.374 e. The highest BCUT2D eigenvalue weighted by molar-refractivity contribution is 7.91. The van der Waals surface area contributed by atoms with Gasteiger partial charge in [0.05, 0.1) is 9.79 Å².